The molecule has 0 unspecified atom stereocenters. The molecule has 2 saturated carbocycles. The van der Waals surface area contributed by atoms with Crippen LogP contribution in [0.15, 0.2) is 18.2 Å². The van der Waals surface area contributed by atoms with E-state index in [9.17, 15) is 4.79 Å². The van der Waals surface area contributed by atoms with Crippen molar-refractivity contribution in [3.05, 3.63) is 29.3 Å². The minimum atomic E-state index is -1.82. The number of methoxy groups -OCH3 is 1. The predicted octanol–water partition coefficient (Wildman–Crippen LogP) is 6.83. The molecule has 0 radical (unpaired) electrons. The van der Waals surface area contributed by atoms with Crippen LogP contribution in [0.4, 0.5) is 0 Å². The lowest BCUT2D eigenvalue weighted by atomic mass is 9.52. The molecule has 0 amide bonds. The van der Waals surface area contributed by atoms with Crippen molar-refractivity contribution < 1.29 is 14.0 Å². The first-order chi connectivity index (χ1) is 13.9. The van der Waals surface area contributed by atoms with Crippen LogP contribution in [0.2, 0.25) is 18.1 Å². The first kappa shape index (κ1) is 22.1. The molecule has 2 fully saturated rings. The molecule has 30 heavy (non-hydrogen) atoms. The van der Waals surface area contributed by atoms with Gasteiger partial charge in [-0.1, -0.05) is 40.7 Å². The van der Waals surface area contributed by atoms with Gasteiger partial charge in [-0.25, -0.2) is 0 Å². The van der Waals surface area contributed by atoms with Crippen LogP contribution in [0.5, 0.6) is 5.75 Å². The second-order valence-corrected chi connectivity index (χ2v) is 16.6. The van der Waals surface area contributed by atoms with Crippen LogP contribution in [0.25, 0.3) is 0 Å². The third-order valence-electron chi connectivity index (χ3n) is 9.41. The zero-order chi connectivity index (χ0) is 22.1. The molecule has 4 rings (SSSR count). The summed E-state index contributed by atoms with van der Waals surface area (Å²) in [6.07, 6.45) is 5.04. The Kier molecular flexibility index (Phi) is 5.30. The van der Waals surface area contributed by atoms with Crippen molar-refractivity contribution in [1.29, 1.82) is 0 Å². The molecule has 1 aromatic rings. The highest BCUT2D eigenvalue weighted by Crippen LogP contribution is 2.63. The summed E-state index contributed by atoms with van der Waals surface area (Å²) < 4.78 is 12.4. The molecular formula is C26H40O3Si. The number of hydrogen-bond acceptors (Lipinski definition) is 3. The molecule has 0 saturated heterocycles. The van der Waals surface area contributed by atoms with E-state index in [1.54, 1.807) is 7.11 Å². The second-order valence-electron chi connectivity index (χ2n) is 11.9. The number of rotatable bonds is 3. The lowest BCUT2D eigenvalue weighted by Gasteiger charge is -2.53. The van der Waals surface area contributed by atoms with E-state index < -0.39 is 8.32 Å². The van der Waals surface area contributed by atoms with Crippen molar-refractivity contribution >= 4 is 14.1 Å². The SMILES string of the molecule is COc1ccc2c(c1)C(=O)[C@@H](C)[C@@H]1[C@@H]2CC[C@]2(C)[C@@H](O[Si](C)(C)C(C)(C)C)CC[C@@H]12. The van der Waals surface area contributed by atoms with Gasteiger partial charge >= 0.3 is 0 Å². The molecule has 3 nitrogen and oxygen atoms in total. The Morgan fingerprint density at radius 3 is 2.47 bits per heavy atom. The Morgan fingerprint density at radius 1 is 1.13 bits per heavy atom. The highest BCUT2D eigenvalue weighted by atomic mass is 28.4. The van der Waals surface area contributed by atoms with Gasteiger partial charge in [0.05, 0.1) is 13.2 Å². The maximum Gasteiger partial charge on any atom is 0.192 e. The fourth-order valence-corrected chi connectivity index (χ4v) is 8.00. The number of carbonyl (C=O) groups excluding carboxylic acids is 1. The average Bonchev–Trinajstić information content (AvgIpc) is 3.00. The van der Waals surface area contributed by atoms with Crippen LogP contribution < -0.4 is 4.74 Å². The number of carbonyl (C=O) groups is 1. The van der Waals surface area contributed by atoms with Gasteiger partial charge in [-0.2, -0.15) is 0 Å². The minimum Gasteiger partial charge on any atom is -0.497 e. The van der Waals surface area contributed by atoms with Crippen LogP contribution in [-0.2, 0) is 4.43 Å². The number of fused-ring (bicyclic) bond motifs is 5. The molecule has 0 spiro atoms. The molecule has 0 aromatic heterocycles. The van der Waals surface area contributed by atoms with Crippen molar-refractivity contribution in [2.24, 2.45) is 23.2 Å². The first-order valence-corrected chi connectivity index (χ1v) is 14.7. The molecule has 166 valence electrons. The van der Waals surface area contributed by atoms with Crippen LogP contribution in [0.3, 0.4) is 0 Å². The van der Waals surface area contributed by atoms with Crippen LogP contribution >= 0.6 is 0 Å². The molecule has 4 heteroatoms. The summed E-state index contributed by atoms with van der Waals surface area (Å²) in [7, 11) is -0.141. The summed E-state index contributed by atoms with van der Waals surface area (Å²) in [4.78, 5) is 13.4. The summed E-state index contributed by atoms with van der Waals surface area (Å²) in [6, 6.07) is 6.16. The molecule has 6 atom stereocenters. The zero-order valence-electron chi connectivity index (χ0n) is 20.2. The third kappa shape index (κ3) is 3.21. The number of hydrogen-bond donors (Lipinski definition) is 0. The minimum absolute atomic E-state index is 0.0749. The summed E-state index contributed by atoms with van der Waals surface area (Å²) in [6.45, 7) is 16.4. The van der Waals surface area contributed by atoms with Crippen molar-refractivity contribution in [2.75, 3.05) is 7.11 Å². The molecule has 3 aliphatic rings. The molecule has 3 aliphatic carbocycles. The van der Waals surface area contributed by atoms with E-state index in [4.69, 9.17) is 9.16 Å². The summed E-state index contributed by atoms with van der Waals surface area (Å²) in [5, 5.41) is 0.227. The fourth-order valence-electron chi connectivity index (χ4n) is 6.55. The molecule has 0 heterocycles. The van der Waals surface area contributed by atoms with E-state index >= 15 is 0 Å². The molecule has 0 aliphatic heterocycles. The second kappa shape index (κ2) is 7.20. The number of benzene rings is 1. The van der Waals surface area contributed by atoms with Gasteiger partial charge in [-0.15, -0.1) is 0 Å². The van der Waals surface area contributed by atoms with Gasteiger partial charge in [0.25, 0.3) is 0 Å². The summed E-state index contributed by atoms with van der Waals surface area (Å²) >= 11 is 0. The van der Waals surface area contributed by atoms with Crippen molar-refractivity contribution in [3.63, 3.8) is 0 Å². The Morgan fingerprint density at radius 2 is 1.83 bits per heavy atom. The van der Waals surface area contributed by atoms with Gasteiger partial charge in [0, 0.05) is 11.5 Å². The van der Waals surface area contributed by atoms with Crippen molar-refractivity contribution in [2.45, 2.75) is 90.5 Å². The quantitative estimate of drug-likeness (QED) is 0.495. The van der Waals surface area contributed by atoms with Crippen LogP contribution in [0, 0.1) is 23.2 Å². The van der Waals surface area contributed by atoms with Gasteiger partial charge in [0.15, 0.2) is 14.1 Å². The predicted molar refractivity (Wildman–Crippen MR) is 125 cm³/mol. The van der Waals surface area contributed by atoms with Crippen molar-refractivity contribution in [1.82, 2.24) is 0 Å². The van der Waals surface area contributed by atoms with Gasteiger partial charge < -0.3 is 9.16 Å². The summed E-state index contributed by atoms with van der Waals surface area (Å²) in [5.41, 5.74) is 2.35. The van der Waals surface area contributed by atoms with Gasteiger partial charge in [-0.05, 0) is 84.7 Å². The Labute approximate surface area is 184 Å². The van der Waals surface area contributed by atoms with Crippen molar-refractivity contribution in [3.8, 4) is 5.75 Å². The molecule has 1 aromatic carbocycles. The fraction of sp³-hybridized carbons (Fsp3) is 0.731. The largest absolute Gasteiger partial charge is 0.497 e. The highest BCUT2D eigenvalue weighted by Gasteiger charge is 2.59. The Balaban J connectivity index is 1.66. The van der Waals surface area contributed by atoms with Crippen LogP contribution in [-0.4, -0.2) is 27.3 Å². The highest BCUT2D eigenvalue weighted by molar-refractivity contribution is 6.74. The van der Waals surface area contributed by atoms with Gasteiger partial charge in [0.2, 0.25) is 0 Å². The summed E-state index contributed by atoms with van der Waals surface area (Å²) in [5.74, 6) is 2.67. The Hall–Kier alpha value is -1.13. The molecule has 0 bridgehead atoms. The molecule has 0 N–H and O–H groups in total. The third-order valence-corrected chi connectivity index (χ3v) is 13.9. The average molecular weight is 429 g/mol. The van der Waals surface area contributed by atoms with E-state index in [1.807, 2.05) is 12.1 Å². The normalized spacial score (nSPS) is 36.1. The van der Waals surface area contributed by atoms with Crippen LogP contribution in [0.1, 0.15) is 82.1 Å². The standard InChI is InChI=1S/C26H40O3Si/c1-16-23-19(18-10-9-17(28-6)15-20(18)24(16)27)13-14-26(5)21(23)11-12-22(26)29-30(7,8)25(2,3)4/h9-10,15-16,19,21-23H,11-14H2,1-8H3/t16-,19+,21-,22-,23+,26-/m0/s1. The van der Waals surface area contributed by atoms with E-state index in [-0.39, 0.29) is 16.4 Å². The zero-order valence-corrected chi connectivity index (χ0v) is 21.2. The topological polar surface area (TPSA) is 35.5 Å². The van der Waals surface area contributed by atoms with Gasteiger partial charge in [-0.3, -0.25) is 4.79 Å². The number of ketones is 1. The monoisotopic (exact) mass is 428 g/mol. The molecular weight excluding hydrogens is 388 g/mol. The van der Waals surface area contributed by atoms with E-state index in [0.717, 1.165) is 24.2 Å². The maximum absolute atomic E-state index is 13.4. The Bertz CT molecular complexity index is 839. The van der Waals surface area contributed by atoms with E-state index in [1.165, 1.54) is 18.4 Å². The van der Waals surface area contributed by atoms with Gasteiger partial charge in [0.1, 0.15) is 5.75 Å². The lowest BCUT2D eigenvalue weighted by Crippen LogP contribution is -2.52. The smallest absolute Gasteiger partial charge is 0.192 e. The maximum atomic E-state index is 13.4. The van der Waals surface area contributed by atoms with E-state index in [2.05, 4.69) is 53.8 Å². The lowest BCUT2D eigenvalue weighted by molar-refractivity contribution is -0.0264. The number of Topliss-reactive ketones (excluding diaryl/α,β-unsaturated/α-hetero) is 1. The number of ether oxygens (including phenoxy) is 1. The van der Waals surface area contributed by atoms with E-state index in [0.29, 0.717) is 29.6 Å². The first-order valence-electron chi connectivity index (χ1n) is 11.8.